The molecule has 2 heterocycles. The molecule has 1 atom stereocenters. The van der Waals surface area contributed by atoms with Gasteiger partial charge in [0.15, 0.2) is 0 Å². The largest absolute Gasteiger partial charge is 0.391 e. The summed E-state index contributed by atoms with van der Waals surface area (Å²) in [7, 11) is 0. The Labute approximate surface area is 69.1 Å². The minimum Gasteiger partial charge on any atom is -0.391 e. The number of fused-ring (bicyclic) bond motifs is 1. The molecular formula is C7H9NO2S. The molecule has 4 heteroatoms. The van der Waals surface area contributed by atoms with E-state index < -0.39 is 0 Å². The average molecular weight is 171 g/mol. The van der Waals surface area contributed by atoms with E-state index in [0.29, 0.717) is 18.3 Å². The van der Waals surface area contributed by atoms with Gasteiger partial charge in [-0.05, 0) is 0 Å². The quantitative estimate of drug-likeness (QED) is 0.572. The second kappa shape index (κ2) is 2.53. The Bertz CT molecular complexity index is 226. The topological polar surface area (TPSA) is 40.5 Å². The number of rotatable bonds is 1. The monoisotopic (exact) mass is 171 g/mol. The lowest BCUT2D eigenvalue weighted by Gasteiger charge is -2.42. The highest BCUT2D eigenvalue weighted by atomic mass is 32.2. The average Bonchev–Trinajstić information content (AvgIpc) is 2.02. The molecule has 0 aromatic heterocycles. The molecular weight excluding hydrogens is 162 g/mol. The first kappa shape index (κ1) is 7.18. The summed E-state index contributed by atoms with van der Waals surface area (Å²) in [6.07, 6.45) is 2.56. The van der Waals surface area contributed by atoms with Gasteiger partial charge in [-0.15, -0.1) is 11.8 Å². The van der Waals surface area contributed by atoms with Gasteiger partial charge in [-0.1, -0.05) is 6.08 Å². The number of aliphatic hydroxyl groups is 1. The smallest absolute Gasteiger partial charge is 0.226 e. The van der Waals surface area contributed by atoms with Crippen molar-refractivity contribution in [2.45, 2.75) is 11.8 Å². The van der Waals surface area contributed by atoms with Crippen molar-refractivity contribution in [1.29, 1.82) is 0 Å². The summed E-state index contributed by atoms with van der Waals surface area (Å²) >= 11 is 1.60. The van der Waals surface area contributed by atoms with Crippen LogP contribution >= 0.6 is 11.8 Å². The fourth-order valence-corrected chi connectivity index (χ4v) is 2.43. The molecule has 1 saturated heterocycles. The van der Waals surface area contributed by atoms with E-state index in [1.807, 2.05) is 11.0 Å². The van der Waals surface area contributed by atoms with Gasteiger partial charge in [0.1, 0.15) is 0 Å². The molecule has 2 aliphatic rings. The third-order valence-electron chi connectivity index (χ3n) is 1.98. The van der Waals surface area contributed by atoms with Gasteiger partial charge < -0.3 is 10.0 Å². The van der Waals surface area contributed by atoms with Crippen LogP contribution in [0.25, 0.3) is 0 Å². The highest BCUT2D eigenvalue weighted by molar-refractivity contribution is 8.03. The van der Waals surface area contributed by atoms with E-state index in [1.54, 1.807) is 11.8 Å². The number of hydrogen-bond donors (Lipinski definition) is 1. The van der Waals surface area contributed by atoms with Gasteiger partial charge in [0.2, 0.25) is 5.91 Å². The van der Waals surface area contributed by atoms with E-state index in [0.717, 1.165) is 4.91 Å². The summed E-state index contributed by atoms with van der Waals surface area (Å²) in [5.41, 5.74) is 0. The standard InChI is InChI=1S/C7H9NO2S/c9-4-5-1-2-8-6(10)3-7(8)11-5/h1,7,9H,2-4H2/t7-/m0/s1. The van der Waals surface area contributed by atoms with Crippen LogP contribution in [-0.2, 0) is 4.79 Å². The van der Waals surface area contributed by atoms with Gasteiger partial charge in [-0.3, -0.25) is 4.79 Å². The van der Waals surface area contributed by atoms with Crippen LogP contribution in [0.5, 0.6) is 0 Å². The normalized spacial score (nSPS) is 29.2. The van der Waals surface area contributed by atoms with Gasteiger partial charge in [-0.25, -0.2) is 0 Å². The van der Waals surface area contributed by atoms with E-state index in [4.69, 9.17) is 5.11 Å². The summed E-state index contributed by atoms with van der Waals surface area (Å²) in [6.45, 7) is 0.801. The summed E-state index contributed by atoms with van der Waals surface area (Å²) in [5, 5.41) is 9.11. The highest BCUT2D eigenvalue weighted by Crippen LogP contribution is 2.37. The Morgan fingerprint density at radius 2 is 2.64 bits per heavy atom. The summed E-state index contributed by atoms with van der Waals surface area (Å²) in [6, 6.07) is 0. The highest BCUT2D eigenvalue weighted by Gasteiger charge is 2.38. The minimum atomic E-state index is 0.114. The van der Waals surface area contributed by atoms with Crippen LogP contribution in [0.1, 0.15) is 6.42 Å². The Hall–Kier alpha value is -0.480. The van der Waals surface area contributed by atoms with Gasteiger partial charge >= 0.3 is 0 Å². The van der Waals surface area contributed by atoms with Crippen LogP contribution in [0, 0.1) is 0 Å². The molecule has 1 amide bonds. The van der Waals surface area contributed by atoms with E-state index in [1.165, 1.54) is 0 Å². The summed E-state index contributed by atoms with van der Waals surface area (Å²) in [5.74, 6) is 0.232. The predicted molar refractivity (Wildman–Crippen MR) is 42.9 cm³/mol. The van der Waals surface area contributed by atoms with Crippen molar-refractivity contribution >= 4 is 17.7 Å². The van der Waals surface area contributed by atoms with E-state index >= 15 is 0 Å². The molecule has 0 spiro atoms. The molecule has 0 unspecified atom stereocenters. The van der Waals surface area contributed by atoms with Gasteiger partial charge in [0.05, 0.1) is 18.4 Å². The summed E-state index contributed by atoms with van der Waals surface area (Å²) < 4.78 is 0. The molecule has 2 rings (SSSR count). The van der Waals surface area contributed by atoms with Crippen molar-refractivity contribution in [3.63, 3.8) is 0 Å². The number of carbonyl (C=O) groups is 1. The van der Waals surface area contributed by atoms with Crippen molar-refractivity contribution in [3.05, 3.63) is 11.0 Å². The van der Waals surface area contributed by atoms with Crippen molar-refractivity contribution in [2.75, 3.05) is 13.2 Å². The van der Waals surface area contributed by atoms with Crippen LogP contribution in [0.4, 0.5) is 0 Å². The van der Waals surface area contributed by atoms with Gasteiger partial charge in [0, 0.05) is 11.4 Å². The molecule has 0 aromatic carbocycles. The molecule has 0 aliphatic carbocycles. The molecule has 0 aromatic rings. The molecule has 0 saturated carbocycles. The first-order chi connectivity index (χ1) is 5.31. The van der Waals surface area contributed by atoms with Crippen LogP contribution in [0.3, 0.4) is 0 Å². The number of thioether (sulfide) groups is 1. The van der Waals surface area contributed by atoms with Crippen molar-refractivity contribution in [2.24, 2.45) is 0 Å². The second-order valence-corrected chi connectivity index (χ2v) is 3.96. The number of nitrogens with zero attached hydrogens (tertiary/aromatic N) is 1. The molecule has 1 N–H and O–H groups in total. The SMILES string of the molecule is O=C1C[C@@H]2SC(CO)=CCN12. The number of aliphatic hydroxyl groups excluding tert-OH is 1. The van der Waals surface area contributed by atoms with E-state index in [2.05, 4.69) is 0 Å². The first-order valence-corrected chi connectivity index (χ1v) is 4.45. The number of carbonyl (C=O) groups excluding carboxylic acids is 1. The Kier molecular flexibility index (Phi) is 1.65. The van der Waals surface area contributed by atoms with Crippen LogP contribution in [-0.4, -0.2) is 34.4 Å². The predicted octanol–water partition coefficient (Wildman–Crippen LogP) is 0.168. The summed E-state index contributed by atoms with van der Waals surface area (Å²) in [4.78, 5) is 13.7. The lowest BCUT2D eigenvalue weighted by Crippen LogP contribution is -2.52. The van der Waals surface area contributed by atoms with Crippen LogP contribution in [0.2, 0.25) is 0 Å². The zero-order valence-corrected chi connectivity index (χ0v) is 6.80. The molecule has 0 radical (unpaired) electrons. The number of hydrogen-bond acceptors (Lipinski definition) is 3. The van der Waals surface area contributed by atoms with Gasteiger partial charge in [-0.2, -0.15) is 0 Å². The van der Waals surface area contributed by atoms with Crippen molar-refractivity contribution in [1.82, 2.24) is 4.90 Å². The molecule has 3 nitrogen and oxygen atoms in total. The Morgan fingerprint density at radius 1 is 1.82 bits per heavy atom. The molecule has 11 heavy (non-hydrogen) atoms. The number of amides is 1. The van der Waals surface area contributed by atoms with Crippen LogP contribution < -0.4 is 0 Å². The fraction of sp³-hybridized carbons (Fsp3) is 0.571. The van der Waals surface area contributed by atoms with E-state index in [-0.39, 0.29) is 12.5 Å². The first-order valence-electron chi connectivity index (χ1n) is 3.57. The van der Waals surface area contributed by atoms with Crippen molar-refractivity contribution in [3.8, 4) is 0 Å². The maximum absolute atomic E-state index is 10.9. The third kappa shape index (κ3) is 1.06. The zero-order valence-electron chi connectivity index (χ0n) is 5.99. The number of β-lactam (4-membered cyclic amide) rings is 1. The third-order valence-corrected chi connectivity index (χ3v) is 3.27. The molecule has 60 valence electrons. The molecule has 1 fully saturated rings. The maximum Gasteiger partial charge on any atom is 0.226 e. The van der Waals surface area contributed by atoms with Crippen LogP contribution in [0.15, 0.2) is 11.0 Å². The molecule has 0 bridgehead atoms. The van der Waals surface area contributed by atoms with Gasteiger partial charge in [0.25, 0.3) is 0 Å². The zero-order chi connectivity index (χ0) is 7.84. The van der Waals surface area contributed by atoms with Crippen molar-refractivity contribution < 1.29 is 9.90 Å². The Balaban J connectivity index is 2.06. The van der Waals surface area contributed by atoms with E-state index in [9.17, 15) is 4.79 Å². The Morgan fingerprint density at radius 3 is 3.18 bits per heavy atom. The minimum absolute atomic E-state index is 0.114. The second-order valence-electron chi connectivity index (χ2n) is 2.65. The lowest BCUT2D eigenvalue weighted by atomic mass is 10.2. The fourth-order valence-electron chi connectivity index (χ4n) is 1.27. The maximum atomic E-state index is 10.9. The molecule has 2 aliphatic heterocycles. The lowest BCUT2D eigenvalue weighted by molar-refractivity contribution is -0.140.